The molecule has 0 aromatic heterocycles. The number of carbonyl (C=O) groups is 2. The van der Waals surface area contributed by atoms with E-state index in [4.69, 9.17) is 0 Å². The van der Waals surface area contributed by atoms with E-state index < -0.39 is 0 Å². The first-order chi connectivity index (χ1) is 11.0. The van der Waals surface area contributed by atoms with Gasteiger partial charge in [-0.3, -0.25) is 9.59 Å². The third-order valence-electron chi connectivity index (χ3n) is 4.42. The van der Waals surface area contributed by atoms with Gasteiger partial charge in [-0.15, -0.1) is 0 Å². The Hall–Kier alpha value is -1.84. The Balaban J connectivity index is 1.90. The van der Waals surface area contributed by atoms with Gasteiger partial charge in [0, 0.05) is 49.8 Å². The number of hydrogen-bond donors (Lipinski definition) is 0. The average molecular weight is 316 g/mol. The van der Waals surface area contributed by atoms with Crippen molar-refractivity contribution >= 4 is 17.4 Å². The molecule has 0 spiro atoms. The molecule has 4 heteroatoms. The molecule has 0 atom stereocenters. The lowest BCUT2D eigenvalue weighted by Gasteiger charge is -2.36. The fourth-order valence-corrected chi connectivity index (χ4v) is 2.87. The molecule has 1 heterocycles. The van der Waals surface area contributed by atoms with Crippen molar-refractivity contribution in [2.75, 3.05) is 31.1 Å². The highest BCUT2D eigenvalue weighted by molar-refractivity contribution is 5.97. The molecule has 0 saturated carbocycles. The molecule has 4 nitrogen and oxygen atoms in total. The summed E-state index contributed by atoms with van der Waals surface area (Å²) in [7, 11) is 0. The van der Waals surface area contributed by atoms with E-state index in [1.807, 2.05) is 43.0 Å². The van der Waals surface area contributed by atoms with Crippen LogP contribution in [0.4, 0.5) is 5.69 Å². The molecule has 1 amide bonds. The summed E-state index contributed by atoms with van der Waals surface area (Å²) in [5, 5.41) is 0. The van der Waals surface area contributed by atoms with Crippen LogP contribution in [0.2, 0.25) is 0 Å². The van der Waals surface area contributed by atoms with E-state index in [1.54, 1.807) is 0 Å². The van der Waals surface area contributed by atoms with Crippen LogP contribution in [-0.4, -0.2) is 42.8 Å². The van der Waals surface area contributed by atoms with E-state index in [0.717, 1.165) is 50.3 Å². The average Bonchev–Trinajstić information content (AvgIpc) is 2.59. The number of Topliss-reactive ketones (excluding diaryl/α,β-unsaturated/α-hetero) is 1. The van der Waals surface area contributed by atoms with Crippen LogP contribution in [0.3, 0.4) is 0 Å². The summed E-state index contributed by atoms with van der Waals surface area (Å²) in [5.74, 6) is 0.491. The van der Waals surface area contributed by atoms with Crippen LogP contribution in [0.1, 0.15) is 50.4 Å². The summed E-state index contributed by atoms with van der Waals surface area (Å²) >= 11 is 0. The number of anilines is 1. The predicted octanol–water partition coefficient (Wildman–Crippen LogP) is 3.36. The molecule has 1 aromatic rings. The Morgan fingerprint density at radius 2 is 1.65 bits per heavy atom. The van der Waals surface area contributed by atoms with Crippen molar-refractivity contribution in [1.82, 2.24) is 4.90 Å². The number of carbonyl (C=O) groups excluding carboxylic acids is 2. The topological polar surface area (TPSA) is 40.6 Å². The van der Waals surface area contributed by atoms with E-state index in [-0.39, 0.29) is 17.6 Å². The Labute approximate surface area is 139 Å². The minimum absolute atomic E-state index is 0.0264. The molecule has 0 N–H and O–H groups in total. The second-order valence-corrected chi connectivity index (χ2v) is 6.54. The van der Waals surface area contributed by atoms with Crippen molar-refractivity contribution < 1.29 is 9.59 Å². The molecule has 0 aliphatic carbocycles. The molecule has 0 radical (unpaired) electrons. The van der Waals surface area contributed by atoms with Gasteiger partial charge in [-0.1, -0.05) is 27.2 Å². The highest BCUT2D eigenvalue weighted by Crippen LogP contribution is 2.19. The van der Waals surface area contributed by atoms with Crippen molar-refractivity contribution in [2.45, 2.75) is 40.0 Å². The SMILES string of the molecule is CCCCC(=O)N1CCN(c2ccc(C(=O)C(C)C)cc2)CC1. The number of unbranched alkanes of at least 4 members (excludes halogenated alkanes) is 1. The van der Waals surface area contributed by atoms with Gasteiger partial charge in [-0.25, -0.2) is 0 Å². The first-order valence-corrected chi connectivity index (χ1v) is 8.70. The summed E-state index contributed by atoms with van der Waals surface area (Å²) < 4.78 is 0. The number of piperazine rings is 1. The standard InChI is InChI=1S/C19H28N2O2/c1-4-5-6-18(22)21-13-11-20(12-14-21)17-9-7-16(8-10-17)19(23)15(2)3/h7-10,15H,4-6,11-14H2,1-3H3. The zero-order chi connectivity index (χ0) is 16.8. The molecule has 1 aliphatic rings. The van der Waals surface area contributed by atoms with Gasteiger partial charge in [0.05, 0.1) is 0 Å². The Kier molecular flexibility index (Phi) is 6.20. The Morgan fingerprint density at radius 1 is 1.04 bits per heavy atom. The molecular weight excluding hydrogens is 288 g/mol. The molecule has 2 rings (SSSR count). The monoisotopic (exact) mass is 316 g/mol. The van der Waals surface area contributed by atoms with Crippen molar-refractivity contribution in [3.63, 3.8) is 0 Å². The maximum absolute atomic E-state index is 12.1. The second-order valence-electron chi connectivity index (χ2n) is 6.54. The van der Waals surface area contributed by atoms with E-state index in [9.17, 15) is 9.59 Å². The van der Waals surface area contributed by atoms with Gasteiger partial charge < -0.3 is 9.80 Å². The van der Waals surface area contributed by atoms with Crippen LogP contribution in [0, 0.1) is 5.92 Å². The molecule has 1 saturated heterocycles. The zero-order valence-corrected chi connectivity index (χ0v) is 14.5. The third-order valence-corrected chi connectivity index (χ3v) is 4.42. The Bertz CT molecular complexity index is 529. The van der Waals surface area contributed by atoms with E-state index in [0.29, 0.717) is 6.42 Å². The molecular formula is C19H28N2O2. The van der Waals surface area contributed by atoms with Crippen LogP contribution in [0.25, 0.3) is 0 Å². The third kappa shape index (κ3) is 4.57. The fourth-order valence-electron chi connectivity index (χ4n) is 2.87. The van der Waals surface area contributed by atoms with Gasteiger partial charge in [0.1, 0.15) is 0 Å². The van der Waals surface area contributed by atoms with Gasteiger partial charge in [0.2, 0.25) is 5.91 Å². The summed E-state index contributed by atoms with van der Waals surface area (Å²) in [5.41, 5.74) is 1.91. The van der Waals surface area contributed by atoms with Gasteiger partial charge in [-0.05, 0) is 30.7 Å². The van der Waals surface area contributed by atoms with Gasteiger partial charge in [-0.2, -0.15) is 0 Å². The largest absolute Gasteiger partial charge is 0.368 e. The molecule has 126 valence electrons. The predicted molar refractivity (Wildman–Crippen MR) is 93.9 cm³/mol. The molecule has 1 aliphatic heterocycles. The number of benzene rings is 1. The van der Waals surface area contributed by atoms with Crippen molar-refractivity contribution in [2.24, 2.45) is 5.92 Å². The summed E-state index contributed by atoms with van der Waals surface area (Å²) in [4.78, 5) is 28.3. The van der Waals surface area contributed by atoms with Crippen LogP contribution in [0.15, 0.2) is 24.3 Å². The number of ketones is 1. The first kappa shape index (κ1) is 17.5. The lowest BCUT2D eigenvalue weighted by molar-refractivity contribution is -0.131. The van der Waals surface area contributed by atoms with Gasteiger partial charge in [0.25, 0.3) is 0 Å². The number of nitrogens with zero attached hydrogens (tertiary/aromatic N) is 2. The van der Waals surface area contributed by atoms with Crippen LogP contribution < -0.4 is 4.90 Å². The normalized spacial score (nSPS) is 15.1. The first-order valence-electron chi connectivity index (χ1n) is 8.70. The number of rotatable bonds is 6. The van der Waals surface area contributed by atoms with E-state index >= 15 is 0 Å². The molecule has 1 fully saturated rings. The van der Waals surface area contributed by atoms with Gasteiger partial charge >= 0.3 is 0 Å². The van der Waals surface area contributed by atoms with Crippen LogP contribution in [-0.2, 0) is 4.79 Å². The maximum Gasteiger partial charge on any atom is 0.222 e. The van der Waals surface area contributed by atoms with Crippen molar-refractivity contribution in [1.29, 1.82) is 0 Å². The lowest BCUT2D eigenvalue weighted by Crippen LogP contribution is -2.48. The van der Waals surface area contributed by atoms with Crippen LogP contribution >= 0.6 is 0 Å². The molecule has 0 unspecified atom stereocenters. The minimum Gasteiger partial charge on any atom is -0.368 e. The number of hydrogen-bond acceptors (Lipinski definition) is 3. The Morgan fingerprint density at radius 3 is 2.17 bits per heavy atom. The quantitative estimate of drug-likeness (QED) is 0.756. The van der Waals surface area contributed by atoms with Crippen LogP contribution in [0.5, 0.6) is 0 Å². The van der Waals surface area contributed by atoms with Crippen molar-refractivity contribution in [3.8, 4) is 0 Å². The zero-order valence-electron chi connectivity index (χ0n) is 14.5. The lowest BCUT2D eigenvalue weighted by atomic mass is 10.0. The van der Waals surface area contributed by atoms with E-state index in [1.165, 1.54) is 0 Å². The summed E-state index contributed by atoms with van der Waals surface area (Å²) in [6, 6.07) is 7.86. The summed E-state index contributed by atoms with van der Waals surface area (Å²) in [6.07, 6.45) is 2.71. The summed E-state index contributed by atoms with van der Waals surface area (Å²) in [6.45, 7) is 9.24. The van der Waals surface area contributed by atoms with E-state index in [2.05, 4.69) is 11.8 Å². The fraction of sp³-hybridized carbons (Fsp3) is 0.579. The maximum atomic E-state index is 12.1. The number of amides is 1. The van der Waals surface area contributed by atoms with Crippen molar-refractivity contribution in [3.05, 3.63) is 29.8 Å². The molecule has 1 aromatic carbocycles. The minimum atomic E-state index is 0.0264. The highest BCUT2D eigenvalue weighted by atomic mass is 16.2. The second kappa shape index (κ2) is 8.14. The highest BCUT2D eigenvalue weighted by Gasteiger charge is 2.21. The molecule has 23 heavy (non-hydrogen) atoms. The molecule has 0 bridgehead atoms. The van der Waals surface area contributed by atoms with Gasteiger partial charge in [0.15, 0.2) is 5.78 Å². The smallest absolute Gasteiger partial charge is 0.222 e.